The van der Waals surface area contributed by atoms with Gasteiger partial charge in [-0.05, 0) is 30.0 Å². The van der Waals surface area contributed by atoms with E-state index < -0.39 is 0 Å². The minimum atomic E-state index is -0.252. The van der Waals surface area contributed by atoms with Gasteiger partial charge in [0.1, 0.15) is 6.61 Å². The minimum absolute atomic E-state index is 0.252. The third kappa shape index (κ3) is 5.27. The minimum Gasteiger partial charge on any atom is -0.461 e. The second kappa shape index (κ2) is 7.44. The molecule has 21 heavy (non-hydrogen) atoms. The van der Waals surface area contributed by atoms with Crippen molar-refractivity contribution in [1.29, 1.82) is 0 Å². The van der Waals surface area contributed by atoms with Crippen LogP contribution in [0.1, 0.15) is 23.6 Å². The Bertz CT molecular complexity index is 627. The van der Waals surface area contributed by atoms with Gasteiger partial charge >= 0.3 is 5.97 Å². The van der Waals surface area contributed by atoms with Crippen LogP contribution in [0.5, 0.6) is 0 Å². The number of hydrogen-bond acceptors (Lipinski definition) is 2. The Hall–Kier alpha value is -2.35. The van der Waals surface area contributed by atoms with Gasteiger partial charge in [-0.15, -0.1) is 0 Å². The number of esters is 1. The van der Waals surface area contributed by atoms with Crippen LogP contribution >= 0.6 is 0 Å². The van der Waals surface area contributed by atoms with Crippen LogP contribution in [0.25, 0.3) is 6.08 Å². The molecule has 2 rings (SSSR count). The molecule has 0 spiro atoms. The molecule has 0 heterocycles. The van der Waals surface area contributed by atoms with Gasteiger partial charge in [-0.25, -0.2) is 0 Å². The van der Waals surface area contributed by atoms with Crippen LogP contribution in [-0.2, 0) is 16.0 Å². The predicted molar refractivity (Wildman–Crippen MR) is 85.9 cm³/mol. The maximum Gasteiger partial charge on any atom is 0.302 e. The fraction of sp³-hybridized carbons (Fsp3) is 0.211. The molecule has 0 amide bonds. The first-order valence-electron chi connectivity index (χ1n) is 7.07. The maximum atomic E-state index is 11.1. The molecule has 0 fully saturated rings. The maximum absolute atomic E-state index is 11.1. The Morgan fingerprint density at radius 2 is 1.86 bits per heavy atom. The van der Waals surface area contributed by atoms with E-state index in [0.29, 0.717) is 6.61 Å². The number of ether oxygens (including phenoxy) is 1. The van der Waals surface area contributed by atoms with Crippen molar-refractivity contribution < 1.29 is 9.53 Å². The highest BCUT2D eigenvalue weighted by molar-refractivity contribution is 5.66. The number of benzene rings is 2. The first-order valence-corrected chi connectivity index (χ1v) is 7.07. The number of carbonyl (C=O) groups is 1. The fourth-order valence-corrected chi connectivity index (χ4v) is 2.19. The van der Waals surface area contributed by atoms with Crippen LogP contribution in [0.3, 0.4) is 0 Å². The summed E-state index contributed by atoms with van der Waals surface area (Å²) in [4.78, 5) is 11.1. The van der Waals surface area contributed by atoms with E-state index >= 15 is 0 Å². The average Bonchev–Trinajstić information content (AvgIpc) is 2.46. The molecule has 2 nitrogen and oxygen atoms in total. The van der Waals surface area contributed by atoms with E-state index in [0.717, 1.165) is 17.6 Å². The normalized spacial score (nSPS) is 11.2. The van der Waals surface area contributed by atoms with Gasteiger partial charge in [0.15, 0.2) is 0 Å². The molecular weight excluding hydrogens is 260 g/mol. The summed E-state index contributed by atoms with van der Waals surface area (Å²) in [6.45, 7) is 3.84. The van der Waals surface area contributed by atoms with E-state index in [1.807, 2.05) is 24.3 Å². The van der Waals surface area contributed by atoms with Gasteiger partial charge in [-0.3, -0.25) is 4.79 Å². The lowest BCUT2D eigenvalue weighted by molar-refractivity contribution is -0.139. The van der Waals surface area contributed by atoms with Gasteiger partial charge in [-0.2, -0.15) is 0 Å². The Labute approximate surface area is 126 Å². The van der Waals surface area contributed by atoms with Crippen molar-refractivity contribution in [3.63, 3.8) is 0 Å². The van der Waals surface area contributed by atoms with Crippen molar-refractivity contribution >= 4 is 12.0 Å². The highest BCUT2D eigenvalue weighted by atomic mass is 16.5. The van der Waals surface area contributed by atoms with Crippen molar-refractivity contribution in [1.82, 2.24) is 0 Å². The van der Waals surface area contributed by atoms with Crippen LogP contribution in [0.2, 0.25) is 0 Å². The van der Waals surface area contributed by atoms with E-state index in [-0.39, 0.29) is 5.97 Å². The zero-order chi connectivity index (χ0) is 15.1. The van der Waals surface area contributed by atoms with E-state index in [9.17, 15) is 4.79 Å². The van der Waals surface area contributed by atoms with Crippen molar-refractivity contribution in [3.05, 3.63) is 76.9 Å². The Balaban J connectivity index is 2.20. The van der Waals surface area contributed by atoms with Crippen molar-refractivity contribution in [2.45, 2.75) is 20.3 Å². The summed E-state index contributed by atoms with van der Waals surface area (Å²) in [6.07, 6.45) is 2.88. The molecule has 2 aromatic carbocycles. The molecule has 0 aromatic heterocycles. The van der Waals surface area contributed by atoms with Gasteiger partial charge in [0, 0.05) is 6.92 Å². The molecule has 0 N–H and O–H groups in total. The standard InChI is InChI=1S/C19H20O2/c1-15-7-6-10-18(11-15)13-19(14-21-16(2)20)12-17-8-4-3-5-9-17/h3-11,13H,12,14H2,1-2H3. The summed E-state index contributed by atoms with van der Waals surface area (Å²) in [6, 6.07) is 18.5. The monoisotopic (exact) mass is 280 g/mol. The van der Waals surface area contributed by atoms with Crippen molar-refractivity contribution in [3.8, 4) is 0 Å². The number of rotatable bonds is 5. The lowest BCUT2D eigenvalue weighted by Crippen LogP contribution is -2.05. The van der Waals surface area contributed by atoms with Crippen LogP contribution < -0.4 is 0 Å². The number of hydrogen-bond donors (Lipinski definition) is 0. The molecule has 0 unspecified atom stereocenters. The zero-order valence-corrected chi connectivity index (χ0v) is 12.5. The Morgan fingerprint density at radius 3 is 2.52 bits per heavy atom. The largest absolute Gasteiger partial charge is 0.461 e. The summed E-state index contributed by atoms with van der Waals surface area (Å²) < 4.78 is 5.17. The highest BCUT2D eigenvalue weighted by Gasteiger charge is 2.03. The molecule has 0 saturated heterocycles. The quantitative estimate of drug-likeness (QED) is 0.768. The second-order valence-corrected chi connectivity index (χ2v) is 5.16. The molecule has 108 valence electrons. The van der Waals surface area contributed by atoms with E-state index in [1.54, 1.807) is 0 Å². The molecule has 0 aliphatic heterocycles. The van der Waals surface area contributed by atoms with Gasteiger partial charge in [-0.1, -0.05) is 66.2 Å². The Kier molecular flexibility index (Phi) is 5.33. The molecule has 0 aliphatic carbocycles. The van der Waals surface area contributed by atoms with Gasteiger partial charge < -0.3 is 4.74 Å². The summed E-state index contributed by atoms with van der Waals surface area (Å²) in [5, 5.41) is 0. The third-order valence-electron chi connectivity index (χ3n) is 3.15. The number of aryl methyl sites for hydroxylation is 1. The molecule has 0 aliphatic rings. The molecule has 0 bridgehead atoms. The summed E-state index contributed by atoms with van der Waals surface area (Å²) in [5.41, 5.74) is 4.65. The number of carbonyl (C=O) groups excluding carboxylic acids is 1. The van der Waals surface area contributed by atoms with E-state index in [1.165, 1.54) is 18.1 Å². The lowest BCUT2D eigenvalue weighted by atomic mass is 10.0. The van der Waals surface area contributed by atoms with Crippen LogP contribution in [0.4, 0.5) is 0 Å². The summed E-state index contributed by atoms with van der Waals surface area (Å²) >= 11 is 0. The average molecular weight is 280 g/mol. The Morgan fingerprint density at radius 1 is 1.10 bits per heavy atom. The van der Waals surface area contributed by atoms with Gasteiger partial charge in [0.2, 0.25) is 0 Å². The summed E-state index contributed by atoms with van der Waals surface area (Å²) in [7, 11) is 0. The first kappa shape index (κ1) is 15.0. The van der Waals surface area contributed by atoms with Crippen LogP contribution in [0, 0.1) is 6.92 Å². The first-order chi connectivity index (χ1) is 10.1. The highest BCUT2D eigenvalue weighted by Crippen LogP contribution is 2.14. The van der Waals surface area contributed by atoms with E-state index in [2.05, 4.69) is 43.3 Å². The third-order valence-corrected chi connectivity index (χ3v) is 3.15. The molecule has 2 aromatic rings. The molecule has 2 heteroatoms. The SMILES string of the molecule is CC(=O)OCC(=Cc1cccc(C)c1)Cc1ccccc1. The zero-order valence-electron chi connectivity index (χ0n) is 12.5. The second-order valence-electron chi connectivity index (χ2n) is 5.16. The van der Waals surface area contributed by atoms with E-state index in [4.69, 9.17) is 4.74 Å². The smallest absolute Gasteiger partial charge is 0.302 e. The summed E-state index contributed by atoms with van der Waals surface area (Å²) in [5.74, 6) is -0.252. The predicted octanol–water partition coefficient (Wildman–Crippen LogP) is 4.18. The van der Waals surface area contributed by atoms with Gasteiger partial charge in [0.05, 0.1) is 0 Å². The van der Waals surface area contributed by atoms with Crippen LogP contribution in [0.15, 0.2) is 60.2 Å². The molecular formula is C19H20O2. The fourth-order valence-electron chi connectivity index (χ4n) is 2.19. The molecule has 0 radical (unpaired) electrons. The van der Waals surface area contributed by atoms with Crippen molar-refractivity contribution in [2.24, 2.45) is 0 Å². The van der Waals surface area contributed by atoms with Crippen LogP contribution in [-0.4, -0.2) is 12.6 Å². The molecule has 0 atom stereocenters. The van der Waals surface area contributed by atoms with Gasteiger partial charge in [0.25, 0.3) is 0 Å². The lowest BCUT2D eigenvalue weighted by Gasteiger charge is -2.09. The topological polar surface area (TPSA) is 26.3 Å². The van der Waals surface area contributed by atoms with Crippen molar-refractivity contribution in [2.75, 3.05) is 6.61 Å². The molecule has 0 saturated carbocycles.